The number of pyridine rings is 3. The molecule has 5 aromatic carbocycles. The molecule has 0 saturated heterocycles. The molecule has 5 nitrogen and oxygen atoms in total. The van der Waals surface area contributed by atoms with Gasteiger partial charge in [-0.15, -0.1) is 0 Å². The fourth-order valence-corrected chi connectivity index (χ4v) is 7.48. The van der Waals surface area contributed by atoms with E-state index in [-0.39, 0.29) is 62.6 Å². The second-order valence-electron chi connectivity index (χ2n) is 18.1. The maximum absolute atomic E-state index is 9.85. The van der Waals surface area contributed by atoms with Crippen molar-refractivity contribution in [2.24, 2.45) is 10.8 Å². The Morgan fingerprint density at radius 2 is 1.04 bits per heavy atom. The van der Waals surface area contributed by atoms with Crippen molar-refractivity contribution in [2.75, 3.05) is 0 Å². The number of hydrogen-bond acceptors (Lipinski definition) is 5. The molecule has 67 heavy (non-hydrogen) atoms. The summed E-state index contributed by atoms with van der Waals surface area (Å²) < 4.78 is 178. The standard InChI is InChI=1S/C62H60N4O/c1-61(2,3)36-51-34-57(47-14-9-7-10-15-47)65-40-49(51)26-22-44-30-43(31-45(32-44)23-27-50-41-66-58(48-16-11-8-12-17-48)35-52(50)37-62(4,5)6)21-20-42-25-29-56(64-39-42)55-19-13-18-54-53-28-24-46(38-63)33-59(53)67-60(54)55/h7-19,24-25,28-35,39-41H,20-23,26-27,36-37H2,1-6H3/i20D2,21D2,22D2,23D2,24D,26D2,27D2,33D,36D2,37D2. The van der Waals surface area contributed by atoms with E-state index in [9.17, 15) is 27.2 Å². The van der Waals surface area contributed by atoms with E-state index in [0.717, 1.165) is 36.8 Å². The Kier molecular flexibility index (Phi) is 8.12. The summed E-state index contributed by atoms with van der Waals surface area (Å²) in [5.74, 6) is 0. The maximum atomic E-state index is 9.85. The number of para-hydroxylation sites is 1. The second-order valence-corrected chi connectivity index (χ2v) is 18.1. The van der Waals surface area contributed by atoms with Gasteiger partial charge >= 0.3 is 0 Å². The van der Waals surface area contributed by atoms with Crippen LogP contribution in [0.3, 0.4) is 0 Å². The van der Waals surface area contributed by atoms with Crippen LogP contribution in [-0.4, -0.2) is 15.0 Å². The molecule has 0 aliphatic rings. The summed E-state index contributed by atoms with van der Waals surface area (Å²) in [4.78, 5) is 13.5. The number of aryl methyl sites for hydroxylation is 6. The molecule has 0 unspecified atom stereocenters. The lowest BCUT2D eigenvalue weighted by Gasteiger charge is -2.21. The highest BCUT2D eigenvalue weighted by molar-refractivity contribution is 6.09. The van der Waals surface area contributed by atoms with Crippen LogP contribution in [0.2, 0.25) is 0 Å². The monoisotopic (exact) mass is 895 g/mol. The van der Waals surface area contributed by atoms with E-state index in [1.165, 1.54) is 30.3 Å². The highest BCUT2D eigenvalue weighted by atomic mass is 16.3. The molecule has 0 aliphatic carbocycles. The Labute approximate surface area is 421 Å². The zero-order valence-electron chi connectivity index (χ0n) is 56.1. The van der Waals surface area contributed by atoms with Crippen molar-refractivity contribution >= 4 is 21.9 Å². The van der Waals surface area contributed by atoms with E-state index in [1.807, 2.05) is 6.07 Å². The van der Waals surface area contributed by atoms with Gasteiger partial charge in [0, 0.05) is 68.0 Å². The maximum Gasteiger partial charge on any atom is 0.144 e. The smallest absolute Gasteiger partial charge is 0.144 e. The summed E-state index contributed by atoms with van der Waals surface area (Å²) in [7, 11) is 0. The third-order valence-electron chi connectivity index (χ3n) is 10.4. The fraction of sp³-hybridized carbons (Fsp3) is 0.258. The Balaban J connectivity index is 1.23. The van der Waals surface area contributed by atoms with E-state index >= 15 is 0 Å². The molecule has 0 saturated carbocycles. The first-order chi connectivity index (χ1) is 39.3. The molecule has 334 valence electrons. The van der Waals surface area contributed by atoms with E-state index in [0.29, 0.717) is 27.5 Å². The van der Waals surface area contributed by atoms with Gasteiger partial charge in [0.25, 0.3) is 0 Å². The number of rotatable bonds is 14. The van der Waals surface area contributed by atoms with E-state index in [1.54, 1.807) is 120 Å². The SMILES string of the molecule is [2H]c1cc2c(oc3c(-c4ccc(C([2H])([2H])C([2H])([2H])c5cc(C([2H])([2H])C([2H])([2H])c6cnc(-c7ccccc7)cc6C([2H])([2H])C(C)(C)C)cc(C([2H])([2H])C([2H])([2H])c6cnc(-c7ccccc7)cc6C([2H])([2H])C(C)(C)C)c5)cn4)cccc32)c([2H])c1C#N. The number of hydrogen-bond donors (Lipinski definition) is 0. The van der Waals surface area contributed by atoms with Gasteiger partial charge < -0.3 is 4.42 Å². The summed E-state index contributed by atoms with van der Waals surface area (Å²) in [6, 6.07) is 33.1. The third-order valence-corrected chi connectivity index (χ3v) is 10.4. The summed E-state index contributed by atoms with van der Waals surface area (Å²) in [6.45, 7) is 9.55. The van der Waals surface area contributed by atoms with Crippen LogP contribution in [0.25, 0.3) is 55.7 Å². The van der Waals surface area contributed by atoms with Crippen molar-refractivity contribution in [3.05, 3.63) is 208 Å². The molecular weight excluding hydrogens is 817 g/mol. The van der Waals surface area contributed by atoms with Gasteiger partial charge in [0.15, 0.2) is 0 Å². The summed E-state index contributed by atoms with van der Waals surface area (Å²) in [6.07, 6.45) is -21.6. The molecule has 0 atom stereocenters. The van der Waals surface area contributed by atoms with E-state index in [4.69, 9.17) is 7.16 Å². The zero-order valence-corrected chi connectivity index (χ0v) is 38.1. The predicted molar refractivity (Wildman–Crippen MR) is 276 cm³/mol. The average Bonchev–Trinajstić information content (AvgIpc) is 1.23. The predicted octanol–water partition coefficient (Wildman–Crippen LogP) is 15.2. The molecule has 5 heteroatoms. The number of furan rings is 1. The van der Waals surface area contributed by atoms with Crippen LogP contribution in [-0.2, 0) is 51.0 Å². The minimum absolute atomic E-state index is 0.0559. The highest BCUT2D eigenvalue weighted by Gasteiger charge is 2.19. The van der Waals surface area contributed by atoms with Crippen molar-refractivity contribution in [1.29, 1.82) is 5.26 Å². The van der Waals surface area contributed by atoms with Crippen molar-refractivity contribution in [2.45, 2.75) is 92.5 Å². The summed E-state index contributed by atoms with van der Waals surface area (Å²) in [5.41, 5.74) is -4.53. The molecule has 0 fully saturated rings. The molecule has 9 rings (SSSR count). The van der Waals surface area contributed by atoms with E-state index < -0.39 is 89.6 Å². The summed E-state index contributed by atoms with van der Waals surface area (Å²) >= 11 is 0. The van der Waals surface area contributed by atoms with Crippen LogP contribution in [0.15, 0.2) is 162 Å². The molecule has 4 heterocycles. The number of benzene rings is 5. The van der Waals surface area contributed by atoms with Crippen molar-refractivity contribution in [1.82, 2.24) is 15.0 Å². The lowest BCUT2D eigenvalue weighted by molar-refractivity contribution is 0.409. The number of nitriles is 1. The normalized spacial score (nSPS) is 17.6. The Hall–Kier alpha value is -7.16. The number of fused-ring (bicyclic) bond motifs is 3. The Bertz CT molecular complexity index is 3930. The summed E-state index contributed by atoms with van der Waals surface area (Å²) in [5, 5.41) is 10.5. The van der Waals surface area contributed by atoms with Crippen LogP contribution >= 0.6 is 0 Å². The molecule has 0 spiro atoms. The van der Waals surface area contributed by atoms with Crippen LogP contribution in [0, 0.1) is 22.2 Å². The number of aromatic nitrogens is 3. The first-order valence-corrected chi connectivity index (χ1v) is 21.9. The van der Waals surface area contributed by atoms with Gasteiger partial charge in [0.1, 0.15) is 11.2 Å². The molecule has 0 radical (unpaired) electrons. The zero-order chi connectivity index (χ0) is 62.6. The fourth-order valence-electron chi connectivity index (χ4n) is 7.48. The first kappa shape index (κ1) is 28.1. The topological polar surface area (TPSA) is 75.6 Å². The molecular formula is C62H60N4O. The van der Waals surface area contributed by atoms with Gasteiger partial charge in [0.2, 0.25) is 0 Å². The minimum Gasteiger partial charge on any atom is -0.455 e. The molecule has 0 aliphatic heterocycles. The first-order valence-electron chi connectivity index (χ1n) is 30.9. The molecule has 9 aromatic rings. The Morgan fingerprint density at radius 3 is 1.55 bits per heavy atom. The van der Waals surface area contributed by atoms with Crippen molar-refractivity contribution < 1.29 is 29.1 Å². The molecule has 4 aromatic heterocycles. The lowest BCUT2D eigenvalue weighted by atomic mass is 9.84. The van der Waals surface area contributed by atoms with Gasteiger partial charge in [-0.05, 0) is 149 Å². The van der Waals surface area contributed by atoms with Gasteiger partial charge in [-0.2, -0.15) is 5.26 Å². The molecule has 0 bridgehead atoms. The minimum atomic E-state index is -3.42. The van der Waals surface area contributed by atoms with Crippen molar-refractivity contribution in [3.8, 4) is 39.8 Å². The van der Waals surface area contributed by atoms with Gasteiger partial charge in [-0.1, -0.05) is 139 Å². The third kappa shape index (κ3) is 11.1. The lowest BCUT2D eigenvalue weighted by Crippen LogP contribution is -2.12. The second kappa shape index (κ2) is 19.4. The van der Waals surface area contributed by atoms with Crippen LogP contribution in [0.4, 0.5) is 0 Å². The van der Waals surface area contributed by atoms with Gasteiger partial charge in [-0.25, -0.2) is 0 Å². The van der Waals surface area contributed by atoms with Gasteiger partial charge in [0.05, 0.1) is 31.5 Å². The highest BCUT2D eigenvalue weighted by Crippen LogP contribution is 2.36. The van der Waals surface area contributed by atoms with Crippen molar-refractivity contribution in [3.63, 3.8) is 0 Å². The van der Waals surface area contributed by atoms with Crippen LogP contribution in [0.1, 0.15) is 116 Å². The Morgan fingerprint density at radius 1 is 0.522 bits per heavy atom. The average molecular weight is 895 g/mol. The molecule has 0 N–H and O–H groups in total. The van der Waals surface area contributed by atoms with E-state index in [2.05, 4.69) is 15.0 Å². The molecule has 0 amide bonds. The number of nitrogens with zero attached hydrogens (tertiary/aromatic N) is 4. The van der Waals surface area contributed by atoms with Crippen LogP contribution in [0.5, 0.6) is 0 Å². The van der Waals surface area contributed by atoms with Gasteiger partial charge in [-0.3, -0.25) is 15.0 Å². The largest absolute Gasteiger partial charge is 0.455 e. The quantitative estimate of drug-likeness (QED) is 0.109. The van der Waals surface area contributed by atoms with Crippen LogP contribution < -0.4 is 0 Å².